The smallest absolute Gasteiger partial charge is 0.249 e. The van der Waals surface area contributed by atoms with Gasteiger partial charge in [-0.15, -0.1) is 0 Å². The maximum atomic E-state index is 12.2. The fraction of sp³-hybridized carbons (Fsp3) is 0.143. The summed E-state index contributed by atoms with van der Waals surface area (Å²) >= 11 is 5.74. The number of nitrogens with one attached hydrogen (secondary N) is 1. The summed E-state index contributed by atoms with van der Waals surface area (Å²) in [5.74, 6) is -2.74. The van der Waals surface area contributed by atoms with Gasteiger partial charge in [0.05, 0.1) is 6.07 Å². The van der Waals surface area contributed by atoms with Crippen molar-refractivity contribution in [2.75, 3.05) is 5.32 Å². The summed E-state index contributed by atoms with van der Waals surface area (Å²) in [6.45, 7) is 0. The number of carbonyl (C=O) groups is 2. The molecule has 1 atom stereocenters. The molecule has 1 amide bonds. The van der Waals surface area contributed by atoms with Crippen molar-refractivity contribution in [1.29, 1.82) is 5.26 Å². The van der Waals surface area contributed by atoms with Gasteiger partial charge >= 0.3 is 0 Å². The first-order valence-corrected chi connectivity index (χ1v) is 6.38. The SMILES string of the molecule is Cn1ccnc1C(=O)C(C#N)C(=O)Nc1ccc(Cl)cc1. The standard InChI is InChI=1S/C14H11ClN4O2/c1-19-7-6-17-13(19)12(20)11(8-16)14(21)18-10-4-2-9(15)3-5-10/h2-7,11H,1H3,(H,18,21). The number of amides is 1. The summed E-state index contributed by atoms with van der Waals surface area (Å²) in [5, 5.41) is 12.1. The molecule has 0 radical (unpaired) electrons. The van der Waals surface area contributed by atoms with Gasteiger partial charge in [-0.05, 0) is 24.3 Å². The lowest BCUT2D eigenvalue weighted by Gasteiger charge is -2.09. The molecular formula is C14H11ClN4O2. The molecule has 6 nitrogen and oxygen atoms in total. The minimum Gasteiger partial charge on any atom is -0.332 e. The maximum absolute atomic E-state index is 12.2. The number of nitrogens with zero attached hydrogens (tertiary/aromatic N) is 3. The Morgan fingerprint density at radius 2 is 2.05 bits per heavy atom. The van der Waals surface area contributed by atoms with Gasteiger partial charge in [-0.2, -0.15) is 5.26 Å². The highest BCUT2D eigenvalue weighted by Gasteiger charge is 2.30. The molecule has 2 aromatic rings. The number of carbonyl (C=O) groups excluding carboxylic acids is 2. The zero-order valence-electron chi connectivity index (χ0n) is 11.1. The Morgan fingerprint density at radius 1 is 1.38 bits per heavy atom. The van der Waals surface area contributed by atoms with Gasteiger partial charge in [-0.3, -0.25) is 9.59 Å². The average Bonchev–Trinajstić information content (AvgIpc) is 2.88. The van der Waals surface area contributed by atoms with Crippen LogP contribution in [0.15, 0.2) is 36.7 Å². The molecule has 2 rings (SSSR count). The Hall–Kier alpha value is -2.65. The van der Waals surface area contributed by atoms with Gasteiger partial charge in [0.25, 0.3) is 0 Å². The fourth-order valence-electron chi connectivity index (χ4n) is 1.72. The van der Waals surface area contributed by atoms with Crippen LogP contribution in [0.5, 0.6) is 0 Å². The molecule has 106 valence electrons. The van der Waals surface area contributed by atoms with Crippen LogP contribution in [0.1, 0.15) is 10.6 Å². The molecule has 0 fully saturated rings. The van der Waals surface area contributed by atoms with Crippen LogP contribution in [-0.4, -0.2) is 21.2 Å². The molecule has 1 aromatic carbocycles. The lowest BCUT2D eigenvalue weighted by Crippen LogP contribution is -2.30. The third-order valence-electron chi connectivity index (χ3n) is 2.81. The average molecular weight is 303 g/mol. The first-order valence-electron chi connectivity index (χ1n) is 6.00. The van der Waals surface area contributed by atoms with Gasteiger partial charge < -0.3 is 9.88 Å². The van der Waals surface area contributed by atoms with Crippen molar-refractivity contribution in [3.8, 4) is 6.07 Å². The minimum atomic E-state index is -1.46. The van der Waals surface area contributed by atoms with Crippen molar-refractivity contribution in [3.05, 3.63) is 47.5 Å². The van der Waals surface area contributed by atoms with Gasteiger partial charge in [-0.1, -0.05) is 11.6 Å². The predicted molar refractivity (Wildman–Crippen MR) is 76.7 cm³/mol. The van der Waals surface area contributed by atoms with E-state index < -0.39 is 17.6 Å². The van der Waals surface area contributed by atoms with Crippen LogP contribution < -0.4 is 5.32 Å². The van der Waals surface area contributed by atoms with Gasteiger partial charge in [0.15, 0.2) is 11.7 Å². The second-order valence-corrected chi connectivity index (χ2v) is 4.72. The number of anilines is 1. The predicted octanol–water partition coefficient (Wildman–Crippen LogP) is 2.03. The topological polar surface area (TPSA) is 87.8 Å². The van der Waals surface area contributed by atoms with Crippen molar-refractivity contribution < 1.29 is 9.59 Å². The van der Waals surface area contributed by atoms with E-state index >= 15 is 0 Å². The van der Waals surface area contributed by atoms with E-state index in [1.54, 1.807) is 43.6 Å². The van der Waals surface area contributed by atoms with E-state index in [9.17, 15) is 9.59 Å². The van der Waals surface area contributed by atoms with Crippen LogP contribution in [-0.2, 0) is 11.8 Å². The highest BCUT2D eigenvalue weighted by Crippen LogP contribution is 2.15. The Balaban J connectivity index is 2.16. The Kier molecular flexibility index (Phi) is 4.36. The van der Waals surface area contributed by atoms with Crippen LogP contribution in [0.4, 0.5) is 5.69 Å². The number of aryl methyl sites for hydroxylation is 1. The first-order chi connectivity index (χ1) is 10.0. The van der Waals surface area contributed by atoms with Crippen LogP contribution in [0.25, 0.3) is 0 Å². The van der Waals surface area contributed by atoms with E-state index in [2.05, 4.69) is 10.3 Å². The molecule has 7 heteroatoms. The zero-order valence-corrected chi connectivity index (χ0v) is 11.8. The number of halogens is 1. The second-order valence-electron chi connectivity index (χ2n) is 4.28. The van der Waals surface area contributed by atoms with Gasteiger partial charge in [-0.25, -0.2) is 4.98 Å². The summed E-state index contributed by atoms with van der Waals surface area (Å²) in [4.78, 5) is 28.1. The summed E-state index contributed by atoms with van der Waals surface area (Å²) in [6.07, 6.45) is 3.00. The van der Waals surface area contributed by atoms with Crippen LogP contribution in [0.2, 0.25) is 5.02 Å². The number of Topliss-reactive ketones (excluding diaryl/α,β-unsaturated/α-hetero) is 1. The minimum absolute atomic E-state index is 0.0628. The number of benzene rings is 1. The molecule has 0 aliphatic carbocycles. The van der Waals surface area contributed by atoms with E-state index in [0.29, 0.717) is 10.7 Å². The molecule has 0 saturated heterocycles. The number of aromatic nitrogens is 2. The van der Waals surface area contributed by atoms with Gasteiger partial charge in [0.2, 0.25) is 11.7 Å². The maximum Gasteiger partial charge on any atom is 0.249 e. The largest absolute Gasteiger partial charge is 0.332 e. The highest BCUT2D eigenvalue weighted by molar-refractivity contribution is 6.30. The number of nitriles is 1. The first kappa shape index (κ1) is 14.8. The van der Waals surface area contributed by atoms with E-state index in [0.717, 1.165) is 0 Å². The van der Waals surface area contributed by atoms with Crippen molar-refractivity contribution in [1.82, 2.24) is 9.55 Å². The summed E-state index contributed by atoms with van der Waals surface area (Å²) in [5.41, 5.74) is 0.456. The second kappa shape index (κ2) is 6.20. The monoisotopic (exact) mass is 302 g/mol. The van der Waals surface area contributed by atoms with Crippen molar-refractivity contribution in [2.24, 2.45) is 13.0 Å². The number of rotatable bonds is 4. The molecule has 0 bridgehead atoms. The van der Waals surface area contributed by atoms with Crippen molar-refractivity contribution >= 4 is 29.0 Å². The zero-order chi connectivity index (χ0) is 15.4. The Morgan fingerprint density at radius 3 is 2.57 bits per heavy atom. The number of hydrogen-bond acceptors (Lipinski definition) is 4. The van der Waals surface area contributed by atoms with E-state index in [-0.39, 0.29) is 5.82 Å². The van der Waals surface area contributed by atoms with E-state index in [4.69, 9.17) is 16.9 Å². The molecule has 1 heterocycles. The third kappa shape index (κ3) is 3.27. The Bertz CT molecular complexity index is 715. The molecule has 1 aromatic heterocycles. The molecule has 0 aliphatic rings. The summed E-state index contributed by atoms with van der Waals surface area (Å²) < 4.78 is 1.46. The molecule has 21 heavy (non-hydrogen) atoms. The molecular weight excluding hydrogens is 292 g/mol. The van der Waals surface area contributed by atoms with Gasteiger partial charge in [0, 0.05) is 30.2 Å². The molecule has 1 unspecified atom stereocenters. The third-order valence-corrected chi connectivity index (χ3v) is 3.06. The van der Waals surface area contributed by atoms with Crippen LogP contribution in [0, 0.1) is 17.2 Å². The summed E-state index contributed by atoms with van der Waals surface area (Å²) in [6, 6.07) is 8.07. The van der Waals surface area contributed by atoms with Crippen LogP contribution in [0.3, 0.4) is 0 Å². The lowest BCUT2D eigenvalue weighted by molar-refractivity contribution is -0.117. The highest BCUT2D eigenvalue weighted by atomic mass is 35.5. The number of imidazole rings is 1. The normalized spacial score (nSPS) is 11.5. The van der Waals surface area contributed by atoms with Crippen molar-refractivity contribution in [2.45, 2.75) is 0 Å². The molecule has 1 N–H and O–H groups in total. The molecule has 0 spiro atoms. The fourth-order valence-corrected chi connectivity index (χ4v) is 1.84. The quantitative estimate of drug-likeness (QED) is 0.691. The lowest BCUT2D eigenvalue weighted by atomic mass is 10.0. The summed E-state index contributed by atoms with van der Waals surface area (Å²) in [7, 11) is 1.62. The van der Waals surface area contributed by atoms with E-state index in [1.165, 1.54) is 10.8 Å². The Labute approximate surface area is 126 Å². The van der Waals surface area contributed by atoms with Gasteiger partial charge in [0.1, 0.15) is 0 Å². The van der Waals surface area contributed by atoms with E-state index in [1.807, 2.05) is 0 Å². The number of ketones is 1. The van der Waals surface area contributed by atoms with Crippen LogP contribution >= 0.6 is 11.6 Å². The number of hydrogen-bond donors (Lipinski definition) is 1. The molecule has 0 saturated carbocycles. The molecule has 0 aliphatic heterocycles. The van der Waals surface area contributed by atoms with Crippen molar-refractivity contribution in [3.63, 3.8) is 0 Å².